The van der Waals surface area contributed by atoms with Crippen LogP contribution < -0.4 is 10.1 Å². The Labute approximate surface area is 164 Å². The molecule has 2 atom stereocenters. The van der Waals surface area contributed by atoms with Gasteiger partial charge in [-0.25, -0.2) is 4.98 Å². The molecule has 3 aromatic rings. The molecule has 4 rings (SSSR count). The van der Waals surface area contributed by atoms with Gasteiger partial charge in [0.05, 0.1) is 4.53 Å². The lowest BCUT2D eigenvalue weighted by Crippen LogP contribution is -2.23. The first kappa shape index (κ1) is 17.7. The van der Waals surface area contributed by atoms with Crippen LogP contribution in [0.15, 0.2) is 39.6 Å². The molecule has 1 aliphatic carbocycles. The molecule has 7 heteroatoms. The second-order valence-corrected chi connectivity index (χ2v) is 9.29. The average molecular weight is 406 g/mol. The van der Waals surface area contributed by atoms with Crippen molar-refractivity contribution in [3.63, 3.8) is 0 Å². The summed E-state index contributed by atoms with van der Waals surface area (Å²) in [6, 6.07) is 8.04. The summed E-state index contributed by atoms with van der Waals surface area (Å²) in [5, 5.41) is 4.47. The molecule has 2 aromatic heterocycles. The zero-order valence-electron chi connectivity index (χ0n) is 14.5. The van der Waals surface area contributed by atoms with Crippen molar-refractivity contribution in [1.29, 1.82) is 0 Å². The van der Waals surface area contributed by atoms with E-state index in [2.05, 4.69) is 23.9 Å². The summed E-state index contributed by atoms with van der Waals surface area (Å²) in [7, 11) is 0. The van der Waals surface area contributed by atoms with E-state index in [1.165, 1.54) is 21.4 Å². The number of fused-ring (bicyclic) bond motifs is 1. The zero-order chi connectivity index (χ0) is 18.6. The monoisotopic (exact) mass is 405 g/mol. The van der Waals surface area contributed by atoms with Crippen molar-refractivity contribution in [2.45, 2.75) is 26.7 Å². The van der Waals surface area contributed by atoms with Gasteiger partial charge in [0, 0.05) is 5.92 Å². The van der Waals surface area contributed by atoms with Gasteiger partial charge in [-0.1, -0.05) is 78.2 Å². The van der Waals surface area contributed by atoms with Crippen molar-refractivity contribution in [2.75, 3.05) is 0 Å². The Morgan fingerprint density at radius 3 is 2.58 bits per heavy atom. The average Bonchev–Trinajstić information content (AvgIpc) is 2.86. The van der Waals surface area contributed by atoms with E-state index in [0.717, 1.165) is 5.56 Å². The van der Waals surface area contributed by atoms with Crippen LogP contribution in [0.5, 0.6) is 0 Å². The maximum Gasteiger partial charge on any atom is 0.291 e. The van der Waals surface area contributed by atoms with Gasteiger partial charge in [0.2, 0.25) is 4.96 Å². The van der Waals surface area contributed by atoms with Gasteiger partial charge >= 0.3 is 0 Å². The predicted molar refractivity (Wildman–Crippen MR) is 107 cm³/mol. The standard InChI is InChI=1S/C19H17Cl2N3OS/c1-10-4-6-11(7-5-10)8-13-17(25)24-18(26-13)22-16(23-24)15-12(9-14(20)21)19(15,2)3/h4-9,12,15H,1-3H3/b13-8+/t12-,15+/m0/s1. The molecule has 2 heterocycles. The number of rotatable bonds is 3. The van der Waals surface area contributed by atoms with Gasteiger partial charge in [-0.3, -0.25) is 4.79 Å². The van der Waals surface area contributed by atoms with Crippen LogP contribution in [0.2, 0.25) is 0 Å². The van der Waals surface area contributed by atoms with Gasteiger partial charge in [0.15, 0.2) is 5.82 Å². The number of halogens is 2. The molecular formula is C19H17Cl2N3OS. The van der Waals surface area contributed by atoms with E-state index in [1.807, 2.05) is 43.3 Å². The minimum atomic E-state index is -0.134. The molecule has 0 aliphatic heterocycles. The molecule has 0 saturated heterocycles. The van der Waals surface area contributed by atoms with Gasteiger partial charge in [-0.15, -0.1) is 5.10 Å². The van der Waals surface area contributed by atoms with Gasteiger partial charge in [0.25, 0.3) is 5.56 Å². The van der Waals surface area contributed by atoms with E-state index in [-0.39, 0.29) is 27.3 Å². The van der Waals surface area contributed by atoms with Crippen LogP contribution in [0, 0.1) is 18.3 Å². The Kier molecular flexibility index (Phi) is 4.21. The van der Waals surface area contributed by atoms with Crippen LogP contribution in [-0.4, -0.2) is 14.6 Å². The smallest absolute Gasteiger partial charge is 0.266 e. The summed E-state index contributed by atoms with van der Waals surface area (Å²) in [4.78, 5) is 17.9. The highest BCUT2D eigenvalue weighted by molar-refractivity contribution is 7.15. The maximum atomic E-state index is 12.7. The first-order chi connectivity index (χ1) is 12.3. The first-order valence-corrected chi connectivity index (χ1v) is 9.85. The highest BCUT2D eigenvalue weighted by atomic mass is 35.5. The maximum absolute atomic E-state index is 12.7. The lowest BCUT2D eigenvalue weighted by atomic mass is 10.1. The Morgan fingerprint density at radius 1 is 1.27 bits per heavy atom. The van der Waals surface area contributed by atoms with E-state index < -0.39 is 0 Å². The van der Waals surface area contributed by atoms with Crippen molar-refractivity contribution in [3.8, 4) is 0 Å². The third kappa shape index (κ3) is 2.98. The van der Waals surface area contributed by atoms with E-state index in [1.54, 1.807) is 0 Å². The molecule has 1 fully saturated rings. The number of hydrogen-bond donors (Lipinski definition) is 0. The fourth-order valence-electron chi connectivity index (χ4n) is 3.41. The van der Waals surface area contributed by atoms with Gasteiger partial charge in [0.1, 0.15) is 4.49 Å². The van der Waals surface area contributed by atoms with Crippen molar-refractivity contribution in [3.05, 3.63) is 66.7 Å². The Morgan fingerprint density at radius 2 is 1.96 bits per heavy atom. The minimum absolute atomic E-state index is 0.0219. The fourth-order valence-corrected chi connectivity index (χ4v) is 4.60. The summed E-state index contributed by atoms with van der Waals surface area (Å²) < 4.78 is 2.29. The highest BCUT2D eigenvalue weighted by Gasteiger charge is 2.59. The number of aromatic nitrogens is 3. The van der Waals surface area contributed by atoms with Crippen LogP contribution in [0.1, 0.15) is 36.7 Å². The van der Waals surface area contributed by atoms with E-state index in [9.17, 15) is 4.79 Å². The van der Waals surface area contributed by atoms with Crippen LogP contribution in [0.25, 0.3) is 11.0 Å². The number of aryl methyl sites for hydroxylation is 1. The number of allylic oxidation sites excluding steroid dienone is 1. The van der Waals surface area contributed by atoms with E-state index in [4.69, 9.17) is 23.2 Å². The van der Waals surface area contributed by atoms with Gasteiger partial charge < -0.3 is 0 Å². The van der Waals surface area contributed by atoms with Crippen molar-refractivity contribution in [1.82, 2.24) is 14.6 Å². The molecule has 0 amide bonds. The molecule has 0 spiro atoms. The molecule has 134 valence electrons. The summed E-state index contributed by atoms with van der Waals surface area (Å²) in [5.41, 5.74) is 2.02. The summed E-state index contributed by atoms with van der Waals surface area (Å²) in [6.07, 6.45) is 3.71. The zero-order valence-corrected chi connectivity index (χ0v) is 16.9. The molecule has 0 bridgehead atoms. The summed E-state index contributed by atoms with van der Waals surface area (Å²) in [6.45, 7) is 6.28. The Hall–Kier alpha value is -1.69. The lowest BCUT2D eigenvalue weighted by Gasteiger charge is -1.97. The second kappa shape index (κ2) is 6.19. The number of thiazole rings is 1. The number of benzene rings is 1. The predicted octanol–water partition coefficient (Wildman–Crippen LogP) is 4.07. The topological polar surface area (TPSA) is 47.3 Å². The molecule has 0 unspecified atom stereocenters. The van der Waals surface area contributed by atoms with E-state index in [0.29, 0.717) is 15.3 Å². The fraction of sp³-hybridized carbons (Fsp3) is 0.316. The SMILES string of the molecule is Cc1ccc(/C=c2/sc3nc([C@H]4[C@H](C=C(Cl)Cl)C4(C)C)nn3c2=O)cc1. The minimum Gasteiger partial charge on any atom is -0.266 e. The first-order valence-electron chi connectivity index (χ1n) is 8.28. The van der Waals surface area contributed by atoms with Crippen LogP contribution >= 0.6 is 34.5 Å². The third-order valence-electron chi connectivity index (χ3n) is 5.07. The lowest BCUT2D eigenvalue weighted by molar-refractivity contribution is 0.585. The quantitative estimate of drug-likeness (QED) is 0.659. The second-order valence-electron chi connectivity index (χ2n) is 7.27. The largest absolute Gasteiger partial charge is 0.291 e. The van der Waals surface area contributed by atoms with Crippen molar-refractivity contribution >= 4 is 45.6 Å². The van der Waals surface area contributed by atoms with Gasteiger partial charge in [-0.05, 0) is 36.0 Å². The third-order valence-corrected chi connectivity index (χ3v) is 6.28. The van der Waals surface area contributed by atoms with Crippen molar-refractivity contribution < 1.29 is 0 Å². The summed E-state index contributed by atoms with van der Waals surface area (Å²) in [5.74, 6) is 0.973. The molecule has 26 heavy (non-hydrogen) atoms. The van der Waals surface area contributed by atoms with Crippen LogP contribution in [0.4, 0.5) is 0 Å². The molecule has 1 aromatic carbocycles. The number of nitrogens with zero attached hydrogens (tertiary/aromatic N) is 3. The normalized spacial score (nSPS) is 22.0. The molecular weight excluding hydrogens is 389 g/mol. The van der Waals surface area contributed by atoms with Crippen LogP contribution in [0.3, 0.4) is 0 Å². The molecule has 0 radical (unpaired) electrons. The highest BCUT2D eigenvalue weighted by Crippen LogP contribution is 2.64. The molecule has 4 nitrogen and oxygen atoms in total. The van der Waals surface area contributed by atoms with Crippen molar-refractivity contribution in [2.24, 2.45) is 11.3 Å². The number of hydrogen-bond acceptors (Lipinski definition) is 4. The molecule has 1 aliphatic rings. The van der Waals surface area contributed by atoms with Crippen LogP contribution in [-0.2, 0) is 0 Å². The van der Waals surface area contributed by atoms with Gasteiger partial charge in [-0.2, -0.15) is 4.52 Å². The Bertz CT molecular complexity index is 1120. The Balaban J connectivity index is 1.72. The van der Waals surface area contributed by atoms with E-state index >= 15 is 0 Å². The summed E-state index contributed by atoms with van der Waals surface area (Å²) >= 11 is 13.0. The molecule has 1 saturated carbocycles. The molecule has 0 N–H and O–H groups in total.